The zero-order valence-corrected chi connectivity index (χ0v) is 14.4. The number of rotatable bonds is 4. The summed E-state index contributed by atoms with van der Waals surface area (Å²) in [6.45, 7) is 1.52. The van der Waals surface area contributed by atoms with Crippen LogP contribution in [0.3, 0.4) is 0 Å². The summed E-state index contributed by atoms with van der Waals surface area (Å²) in [6, 6.07) is 6.72. The van der Waals surface area contributed by atoms with Gasteiger partial charge in [-0.15, -0.1) is 0 Å². The highest BCUT2D eigenvalue weighted by Gasteiger charge is 2.38. The molecule has 1 aliphatic heterocycles. The van der Waals surface area contributed by atoms with E-state index >= 15 is 0 Å². The first-order valence-electron chi connectivity index (χ1n) is 7.82. The normalized spacial score (nSPS) is 22.0. The second-order valence-electron chi connectivity index (χ2n) is 6.06. The van der Waals surface area contributed by atoms with Crippen molar-refractivity contribution in [2.24, 2.45) is 5.92 Å². The average Bonchev–Trinajstić information content (AvgIpc) is 3.09. The van der Waals surface area contributed by atoms with Crippen molar-refractivity contribution in [1.29, 1.82) is 0 Å². The molecule has 0 radical (unpaired) electrons. The number of aryl methyl sites for hydroxylation is 1. The number of aromatic nitrogens is 2. The van der Waals surface area contributed by atoms with Crippen LogP contribution in [-0.2, 0) is 14.8 Å². The van der Waals surface area contributed by atoms with Gasteiger partial charge in [-0.05, 0) is 37.1 Å². The summed E-state index contributed by atoms with van der Waals surface area (Å²) in [5, 5.41) is 23.1. The Hall–Kier alpha value is -2.23. The van der Waals surface area contributed by atoms with Crippen LogP contribution in [0, 0.1) is 12.8 Å². The summed E-state index contributed by atoms with van der Waals surface area (Å²) in [5.41, 5.74) is 1.16. The Morgan fingerprint density at radius 1 is 1.36 bits per heavy atom. The van der Waals surface area contributed by atoms with Crippen molar-refractivity contribution in [3.05, 3.63) is 42.2 Å². The first kappa shape index (κ1) is 17.6. The van der Waals surface area contributed by atoms with Crippen molar-refractivity contribution in [2.75, 3.05) is 13.1 Å². The summed E-state index contributed by atoms with van der Waals surface area (Å²) >= 11 is 0. The fourth-order valence-electron chi connectivity index (χ4n) is 2.94. The number of benzene rings is 1. The number of carbonyl (C=O) groups is 1. The summed E-state index contributed by atoms with van der Waals surface area (Å²) in [4.78, 5) is 11.4. The number of carboxylic acid groups (broad SMARTS) is 1. The van der Waals surface area contributed by atoms with Crippen LogP contribution in [0.5, 0.6) is 0 Å². The Morgan fingerprint density at radius 3 is 2.76 bits per heavy atom. The van der Waals surface area contributed by atoms with Crippen molar-refractivity contribution in [1.82, 2.24) is 14.1 Å². The van der Waals surface area contributed by atoms with Gasteiger partial charge in [0, 0.05) is 25.5 Å². The molecule has 25 heavy (non-hydrogen) atoms. The van der Waals surface area contributed by atoms with E-state index in [0.717, 1.165) is 4.31 Å². The Balaban J connectivity index is 1.97. The molecule has 1 aromatic heterocycles. The molecule has 0 amide bonds. The van der Waals surface area contributed by atoms with Crippen LogP contribution in [0.1, 0.15) is 12.0 Å². The van der Waals surface area contributed by atoms with Crippen molar-refractivity contribution in [3.8, 4) is 5.69 Å². The Bertz CT molecular complexity index is 879. The maximum absolute atomic E-state index is 13.0. The molecule has 9 heteroatoms. The number of aliphatic hydroxyl groups is 1. The van der Waals surface area contributed by atoms with Crippen LogP contribution >= 0.6 is 0 Å². The summed E-state index contributed by atoms with van der Waals surface area (Å²) in [5.74, 6) is -2.33. The zero-order valence-electron chi connectivity index (χ0n) is 13.6. The summed E-state index contributed by atoms with van der Waals surface area (Å²) < 4.78 is 28.7. The van der Waals surface area contributed by atoms with Crippen molar-refractivity contribution < 1.29 is 23.4 Å². The van der Waals surface area contributed by atoms with Gasteiger partial charge in [0.2, 0.25) is 10.0 Å². The minimum absolute atomic E-state index is 0.0821. The third-order valence-corrected chi connectivity index (χ3v) is 6.42. The molecule has 1 aromatic carbocycles. The second-order valence-corrected chi connectivity index (χ2v) is 7.97. The molecular weight excluding hydrogens is 346 g/mol. The zero-order chi connectivity index (χ0) is 18.2. The van der Waals surface area contributed by atoms with E-state index in [1.165, 1.54) is 6.07 Å². The fourth-order valence-corrected chi connectivity index (χ4v) is 4.67. The molecule has 8 nitrogen and oxygen atoms in total. The van der Waals surface area contributed by atoms with Gasteiger partial charge in [0.05, 0.1) is 22.6 Å². The molecule has 0 aliphatic carbocycles. The van der Waals surface area contributed by atoms with E-state index in [1.807, 2.05) is 0 Å². The molecule has 1 aliphatic rings. The number of carboxylic acids is 1. The lowest BCUT2D eigenvalue weighted by Gasteiger charge is -2.33. The lowest BCUT2D eigenvalue weighted by molar-refractivity contribution is -0.147. The van der Waals surface area contributed by atoms with E-state index in [-0.39, 0.29) is 24.4 Å². The minimum Gasteiger partial charge on any atom is -0.481 e. The first-order valence-corrected chi connectivity index (χ1v) is 9.26. The second kappa shape index (κ2) is 6.58. The highest BCUT2D eigenvalue weighted by molar-refractivity contribution is 7.89. The smallest absolute Gasteiger partial charge is 0.310 e. The Morgan fingerprint density at radius 2 is 2.12 bits per heavy atom. The molecule has 1 saturated heterocycles. The van der Waals surface area contributed by atoms with Crippen LogP contribution in [0.15, 0.2) is 41.6 Å². The minimum atomic E-state index is -3.88. The Kier molecular flexibility index (Phi) is 4.63. The molecule has 2 N–H and O–H groups in total. The van der Waals surface area contributed by atoms with E-state index < -0.39 is 28.0 Å². The van der Waals surface area contributed by atoms with Crippen molar-refractivity contribution in [3.63, 3.8) is 0 Å². The number of aliphatic carboxylic acids is 1. The maximum Gasteiger partial charge on any atom is 0.310 e. The number of piperidine rings is 1. The predicted octanol–water partition coefficient (Wildman–Crippen LogP) is 0.637. The van der Waals surface area contributed by atoms with Gasteiger partial charge in [-0.3, -0.25) is 4.79 Å². The predicted molar refractivity (Wildman–Crippen MR) is 88.8 cm³/mol. The SMILES string of the molecule is Cc1ccc(-n2cccn2)cc1S(=O)(=O)N1CC[C@@H](O)[C@H](C(=O)O)C1. The van der Waals surface area contributed by atoms with Gasteiger partial charge in [-0.2, -0.15) is 9.40 Å². The van der Waals surface area contributed by atoms with Gasteiger partial charge >= 0.3 is 5.97 Å². The van der Waals surface area contributed by atoms with Gasteiger partial charge < -0.3 is 10.2 Å². The number of hydrogen-bond donors (Lipinski definition) is 2. The largest absolute Gasteiger partial charge is 0.481 e. The van der Waals surface area contributed by atoms with Crippen LogP contribution < -0.4 is 0 Å². The quantitative estimate of drug-likeness (QED) is 0.822. The van der Waals surface area contributed by atoms with Crippen LogP contribution in [0.25, 0.3) is 5.69 Å². The molecule has 1 fully saturated rings. The lowest BCUT2D eigenvalue weighted by Crippen LogP contribution is -2.48. The molecule has 0 spiro atoms. The number of sulfonamides is 1. The molecule has 0 saturated carbocycles. The molecule has 0 unspecified atom stereocenters. The van der Waals surface area contributed by atoms with Gasteiger partial charge in [-0.25, -0.2) is 13.1 Å². The van der Waals surface area contributed by atoms with E-state index in [4.69, 9.17) is 0 Å². The van der Waals surface area contributed by atoms with Gasteiger partial charge in [-0.1, -0.05) is 6.07 Å². The monoisotopic (exact) mass is 365 g/mol. The van der Waals surface area contributed by atoms with Crippen LogP contribution in [0.2, 0.25) is 0 Å². The van der Waals surface area contributed by atoms with Gasteiger partial charge in [0.25, 0.3) is 0 Å². The van der Waals surface area contributed by atoms with E-state index in [2.05, 4.69) is 5.10 Å². The molecule has 2 atom stereocenters. The molecule has 2 heterocycles. The number of hydrogen-bond acceptors (Lipinski definition) is 5. The van der Waals surface area contributed by atoms with E-state index in [0.29, 0.717) is 11.3 Å². The molecule has 2 aromatic rings. The van der Waals surface area contributed by atoms with E-state index in [9.17, 15) is 23.4 Å². The standard InChI is InChI=1S/C16H19N3O5S/c1-11-3-4-12(19-7-2-6-17-19)9-15(11)25(23,24)18-8-5-14(20)13(10-18)16(21)22/h2-4,6-7,9,13-14,20H,5,8,10H2,1H3,(H,21,22)/t13-,14-/m1/s1. The van der Waals surface area contributed by atoms with Crippen molar-refractivity contribution >= 4 is 16.0 Å². The Labute approximate surface area is 145 Å². The van der Waals surface area contributed by atoms with Crippen molar-refractivity contribution in [2.45, 2.75) is 24.3 Å². The molecule has 134 valence electrons. The highest BCUT2D eigenvalue weighted by Crippen LogP contribution is 2.27. The fraction of sp³-hybridized carbons (Fsp3) is 0.375. The molecular formula is C16H19N3O5S. The summed E-state index contributed by atoms with van der Waals surface area (Å²) in [6.07, 6.45) is 2.35. The van der Waals surface area contributed by atoms with Crippen LogP contribution in [0.4, 0.5) is 0 Å². The molecule has 0 bridgehead atoms. The third kappa shape index (κ3) is 3.30. The third-order valence-electron chi connectivity index (χ3n) is 4.41. The average molecular weight is 365 g/mol. The van der Waals surface area contributed by atoms with Gasteiger partial charge in [0.1, 0.15) is 0 Å². The first-order chi connectivity index (χ1) is 11.8. The molecule has 3 rings (SSSR count). The maximum atomic E-state index is 13.0. The topological polar surface area (TPSA) is 113 Å². The number of aliphatic hydroxyl groups excluding tert-OH is 1. The van der Waals surface area contributed by atoms with Gasteiger partial charge in [0.15, 0.2) is 0 Å². The van der Waals surface area contributed by atoms with Crippen LogP contribution in [-0.4, -0.2) is 57.9 Å². The summed E-state index contributed by atoms with van der Waals surface area (Å²) in [7, 11) is -3.88. The highest BCUT2D eigenvalue weighted by atomic mass is 32.2. The lowest BCUT2D eigenvalue weighted by atomic mass is 9.96. The number of nitrogens with zero attached hydrogens (tertiary/aromatic N) is 3. The van der Waals surface area contributed by atoms with E-state index in [1.54, 1.807) is 42.2 Å².